The average molecular weight is 474 g/mol. The molecule has 0 radical (unpaired) electrons. The molecule has 0 aliphatic carbocycles. The zero-order valence-corrected chi connectivity index (χ0v) is 18.3. The van der Waals surface area contributed by atoms with Crippen LogP contribution in [0, 0.1) is 0 Å². The van der Waals surface area contributed by atoms with Crippen LogP contribution in [0.3, 0.4) is 0 Å². The van der Waals surface area contributed by atoms with Gasteiger partial charge in [-0.15, -0.1) is 0 Å². The summed E-state index contributed by atoms with van der Waals surface area (Å²) >= 11 is 3.43. The number of hydrogen-bond donors (Lipinski definition) is 1. The zero-order chi connectivity index (χ0) is 21.1. The summed E-state index contributed by atoms with van der Waals surface area (Å²) in [6.45, 7) is 5.80. The number of halogens is 1. The van der Waals surface area contributed by atoms with Crippen molar-refractivity contribution in [2.24, 2.45) is 0 Å². The van der Waals surface area contributed by atoms with Gasteiger partial charge in [0.2, 0.25) is 5.91 Å². The average Bonchev–Trinajstić information content (AvgIpc) is 3.13. The highest BCUT2D eigenvalue weighted by Crippen LogP contribution is 2.26. The zero-order valence-electron chi connectivity index (χ0n) is 16.8. The summed E-state index contributed by atoms with van der Waals surface area (Å²) in [5.74, 6) is 0.852. The van der Waals surface area contributed by atoms with Crippen LogP contribution in [-0.4, -0.2) is 62.4 Å². The number of rotatable bonds is 5. The Morgan fingerprint density at radius 1 is 1.10 bits per heavy atom. The Morgan fingerprint density at radius 3 is 2.43 bits per heavy atom. The molecule has 1 aromatic heterocycles. The first-order valence-electron chi connectivity index (χ1n) is 9.95. The van der Waals surface area contributed by atoms with Crippen molar-refractivity contribution in [3.8, 4) is 0 Å². The number of carbonyl (C=O) groups is 2. The Hall–Kier alpha value is -2.81. The van der Waals surface area contributed by atoms with Gasteiger partial charge in [0, 0.05) is 44.5 Å². The van der Waals surface area contributed by atoms with Gasteiger partial charge in [-0.3, -0.25) is 9.69 Å². The van der Waals surface area contributed by atoms with Crippen molar-refractivity contribution in [3.05, 3.63) is 47.1 Å². The number of ether oxygens (including phenoxy) is 1. The van der Waals surface area contributed by atoms with Crippen LogP contribution in [0.15, 0.2) is 47.1 Å². The molecule has 2 aromatic rings. The number of benzene rings is 1. The second-order valence-electron chi connectivity index (χ2n) is 7.36. The van der Waals surface area contributed by atoms with E-state index in [1.54, 1.807) is 4.90 Å². The van der Waals surface area contributed by atoms with Crippen LogP contribution in [0.25, 0.3) is 0 Å². The molecule has 1 atom stereocenters. The molecule has 2 amide bonds. The molecule has 0 bridgehead atoms. The van der Waals surface area contributed by atoms with Crippen LogP contribution in [0.1, 0.15) is 6.92 Å². The van der Waals surface area contributed by atoms with Crippen LogP contribution in [0.5, 0.6) is 0 Å². The molecule has 158 valence electrons. The Kier molecular flexibility index (Phi) is 6.08. The molecule has 0 saturated carbocycles. The van der Waals surface area contributed by atoms with Crippen LogP contribution in [0.2, 0.25) is 0 Å². The quantitative estimate of drug-likeness (QED) is 0.672. The van der Waals surface area contributed by atoms with Crippen molar-refractivity contribution in [1.82, 2.24) is 10.3 Å². The molecule has 8 nitrogen and oxygen atoms in total. The third-order valence-electron chi connectivity index (χ3n) is 5.28. The highest BCUT2D eigenvalue weighted by Gasteiger charge is 2.32. The molecule has 1 unspecified atom stereocenters. The van der Waals surface area contributed by atoms with Crippen molar-refractivity contribution in [1.29, 1.82) is 0 Å². The highest BCUT2D eigenvalue weighted by atomic mass is 79.9. The number of carbonyl (C=O) groups excluding carboxylic acids is 2. The van der Waals surface area contributed by atoms with Crippen molar-refractivity contribution in [3.63, 3.8) is 0 Å². The molecule has 2 aliphatic rings. The Bertz CT molecular complexity index is 915. The second-order valence-corrected chi connectivity index (χ2v) is 8.17. The number of cyclic esters (lactones) is 1. The molecule has 9 heteroatoms. The lowest BCUT2D eigenvalue weighted by Gasteiger charge is -2.36. The van der Waals surface area contributed by atoms with E-state index in [2.05, 4.69) is 36.0 Å². The van der Waals surface area contributed by atoms with E-state index in [1.165, 1.54) is 6.92 Å². The number of pyridine rings is 1. The fraction of sp³-hybridized carbons (Fsp3) is 0.381. The standard InChI is InChI=1S/C21H24BrN5O3/c1-15(28)23-13-18-14-27(21(29)30-18)17-7-5-16(6-8-17)25-9-11-26(12-10-25)20-4-2-3-19(22)24-20/h2-8,18H,9-14H2,1H3,(H,23,28). The maximum Gasteiger partial charge on any atom is 0.414 e. The van der Waals surface area contributed by atoms with Gasteiger partial charge in [0.25, 0.3) is 0 Å². The predicted octanol–water partition coefficient (Wildman–Crippen LogP) is 2.63. The van der Waals surface area contributed by atoms with E-state index in [1.807, 2.05) is 42.5 Å². The van der Waals surface area contributed by atoms with E-state index in [9.17, 15) is 9.59 Å². The lowest BCUT2D eigenvalue weighted by Crippen LogP contribution is -2.46. The first kappa shape index (κ1) is 20.5. The number of piperazine rings is 1. The number of aromatic nitrogens is 1. The van der Waals surface area contributed by atoms with Gasteiger partial charge < -0.3 is 19.9 Å². The second kappa shape index (κ2) is 8.91. The van der Waals surface area contributed by atoms with Gasteiger partial charge >= 0.3 is 6.09 Å². The fourth-order valence-corrected chi connectivity index (χ4v) is 4.04. The maximum atomic E-state index is 12.2. The molecule has 30 heavy (non-hydrogen) atoms. The van der Waals surface area contributed by atoms with Gasteiger partial charge in [-0.25, -0.2) is 9.78 Å². The van der Waals surface area contributed by atoms with E-state index < -0.39 is 0 Å². The van der Waals surface area contributed by atoms with E-state index >= 15 is 0 Å². The summed E-state index contributed by atoms with van der Waals surface area (Å²) in [4.78, 5) is 34.0. The number of nitrogens with one attached hydrogen (secondary N) is 1. The van der Waals surface area contributed by atoms with Crippen LogP contribution >= 0.6 is 15.9 Å². The minimum absolute atomic E-state index is 0.135. The van der Waals surface area contributed by atoms with Crippen LogP contribution in [-0.2, 0) is 9.53 Å². The summed E-state index contributed by atoms with van der Waals surface area (Å²) in [7, 11) is 0. The molecule has 1 aromatic carbocycles. The van der Waals surface area contributed by atoms with Crippen molar-refractivity contribution in [2.75, 3.05) is 54.0 Å². The summed E-state index contributed by atoms with van der Waals surface area (Å²) in [5.41, 5.74) is 1.93. The third kappa shape index (κ3) is 4.67. The van der Waals surface area contributed by atoms with E-state index in [0.29, 0.717) is 13.1 Å². The lowest BCUT2D eigenvalue weighted by atomic mass is 10.2. The number of hydrogen-bond acceptors (Lipinski definition) is 6. The topological polar surface area (TPSA) is 78.0 Å². The van der Waals surface area contributed by atoms with Crippen molar-refractivity contribution in [2.45, 2.75) is 13.0 Å². The minimum atomic E-state index is -0.381. The van der Waals surface area contributed by atoms with Gasteiger partial charge in [-0.05, 0) is 52.3 Å². The molecule has 2 fully saturated rings. The largest absolute Gasteiger partial charge is 0.442 e. The van der Waals surface area contributed by atoms with Gasteiger partial charge in [0.15, 0.2) is 0 Å². The molecule has 0 spiro atoms. The molecule has 2 saturated heterocycles. The van der Waals surface area contributed by atoms with Crippen LogP contribution in [0.4, 0.5) is 22.0 Å². The van der Waals surface area contributed by atoms with Crippen LogP contribution < -0.4 is 20.0 Å². The van der Waals surface area contributed by atoms with Crippen molar-refractivity contribution < 1.29 is 14.3 Å². The summed E-state index contributed by atoms with van der Waals surface area (Å²) in [5, 5.41) is 2.69. The third-order valence-corrected chi connectivity index (χ3v) is 5.73. The number of amides is 2. The first-order valence-corrected chi connectivity index (χ1v) is 10.7. The van der Waals surface area contributed by atoms with Crippen molar-refractivity contribution >= 4 is 45.1 Å². The van der Waals surface area contributed by atoms with Gasteiger partial charge in [0.05, 0.1) is 13.1 Å². The highest BCUT2D eigenvalue weighted by molar-refractivity contribution is 9.10. The SMILES string of the molecule is CC(=O)NCC1CN(c2ccc(N3CCN(c4cccc(Br)n4)CC3)cc2)C(=O)O1. The maximum absolute atomic E-state index is 12.2. The monoisotopic (exact) mass is 473 g/mol. The van der Waals surface area contributed by atoms with Gasteiger partial charge in [-0.1, -0.05) is 6.07 Å². The molecule has 3 heterocycles. The Balaban J connectivity index is 1.34. The Labute approximate surface area is 183 Å². The number of nitrogens with zero attached hydrogens (tertiary/aromatic N) is 4. The van der Waals surface area contributed by atoms with Gasteiger partial charge in [0.1, 0.15) is 16.5 Å². The molecule has 1 N–H and O–H groups in total. The molecule has 4 rings (SSSR count). The normalized spacial score (nSPS) is 19.1. The Morgan fingerprint density at radius 2 is 1.77 bits per heavy atom. The minimum Gasteiger partial charge on any atom is -0.442 e. The summed E-state index contributed by atoms with van der Waals surface area (Å²) < 4.78 is 6.18. The fourth-order valence-electron chi connectivity index (χ4n) is 3.71. The predicted molar refractivity (Wildman–Crippen MR) is 119 cm³/mol. The van der Waals surface area contributed by atoms with E-state index in [4.69, 9.17) is 4.74 Å². The summed E-state index contributed by atoms with van der Waals surface area (Å²) in [6.07, 6.45) is -0.714. The smallest absolute Gasteiger partial charge is 0.414 e. The lowest BCUT2D eigenvalue weighted by molar-refractivity contribution is -0.119. The molecular weight excluding hydrogens is 450 g/mol. The molecule has 2 aliphatic heterocycles. The number of anilines is 3. The van der Waals surface area contributed by atoms with E-state index in [0.717, 1.165) is 48.0 Å². The molecular formula is C21H24BrN5O3. The van der Waals surface area contributed by atoms with Gasteiger partial charge in [-0.2, -0.15) is 0 Å². The first-order chi connectivity index (χ1) is 14.5. The van der Waals surface area contributed by atoms with E-state index in [-0.39, 0.29) is 18.1 Å². The summed E-state index contributed by atoms with van der Waals surface area (Å²) in [6, 6.07) is 13.9.